The second-order valence-electron chi connectivity index (χ2n) is 9.06. The molecule has 3 atom stereocenters. The number of fused-ring (bicyclic) bond motifs is 2. The number of H-pyrrole nitrogens is 1. The van der Waals surface area contributed by atoms with Crippen LogP contribution in [-0.2, 0) is 16.2 Å². The number of amides is 2. The van der Waals surface area contributed by atoms with Crippen molar-refractivity contribution in [1.29, 1.82) is 0 Å². The number of carbonyl (C=O) groups excluding carboxylic acids is 2. The number of nitrogens with zero attached hydrogens (tertiary/aromatic N) is 1. The minimum absolute atomic E-state index is 0.261. The highest BCUT2D eigenvalue weighted by molar-refractivity contribution is 8.00. The van der Waals surface area contributed by atoms with E-state index in [-0.39, 0.29) is 4.87 Å². The number of imide groups is 1. The van der Waals surface area contributed by atoms with Gasteiger partial charge in [-0.3, -0.25) is 14.4 Å². The fourth-order valence-electron chi connectivity index (χ4n) is 4.96. The van der Waals surface area contributed by atoms with Crippen molar-refractivity contribution in [2.45, 2.75) is 22.8 Å². The lowest BCUT2D eigenvalue weighted by molar-refractivity contribution is -0.122. The summed E-state index contributed by atoms with van der Waals surface area (Å²) in [6.45, 7) is 0.292. The summed E-state index contributed by atoms with van der Waals surface area (Å²) in [5, 5.41) is 0.450. The molecule has 1 fully saturated rings. The van der Waals surface area contributed by atoms with Gasteiger partial charge in [-0.2, -0.15) is 0 Å². The molecule has 3 heterocycles. The quantitative estimate of drug-likeness (QED) is 0.297. The summed E-state index contributed by atoms with van der Waals surface area (Å²) in [5.41, 5.74) is 1.94. The molecule has 1 N–H and O–H groups in total. The minimum Gasteiger partial charge on any atom is -0.493 e. The molecule has 0 spiro atoms. The summed E-state index contributed by atoms with van der Waals surface area (Å²) in [7, 11) is 1.52. The van der Waals surface area contributed by atoms with Crippen molar-refractivity contribution in [3.8, 4) is 11.5 Å². The van der Waals surface area contributed by atoms with Crippen LogP contribution in [0.1, 0.15) is 21.9 Å². The second-order valence-corrected chi connectivity index (χ2v) is 11.7. The van der Waals surface area contributed by atoms with Crippen molar-refractivity contribution in [2.24, 2.45) is 5.92 Å². The number of aromatic nitrogens is 1. The Kier molecular flexibility index (Phi) is 6.70. The fraction of sp³-hybridized carbons (Fsp3) is 0.179. The lowest BCUT2D eigenvalue weighted by Crippen LogP contribution is -2.32. The van der Waals surface area contributed by atoms with Crippen molar-refractivity contribution in [2.75, 3.05) is 12.0 Å². The molecule has 1 aromatic heterocycles. The highest BCUT2D eigenvalue weighted by Crippen LogP contribution is 2.53. The van der Waals surface area contributed by atoms with Gasteiger partial charge in [0.05, 0.1) is 23.7 Å². The Balaban J connectivity index is 1.37. The number of nitrogens with one attached hydrogen (secondary N) is 1. The van der Waals surface area contributed by atoms with Crippen LogP contribution in [0.4, 0.5) is 10.1 Å². The number of thiazole rings is 1. The van der Waals surface area contributed by atoms with Crippen molar-refractivity contribution in [3.63, 3.8) is 0 Å². The highest BCUT2D eigenvalue weighted by Gasteiger charge is 2.56. The molecule has 0 bridgehead atoms. The first-order valence-electron chi connectivity index (χ1n) is 11.9. The average Bonchev–Trinajstić information content (AvgIpc) is 3.43. The van der Waals surface area contributed by atoms with Crippen LogP contribution in [0.15, 0.2) is 76.6 Å². The number of carbonyl (C=O) groups is 2. The summed E-state index contributed by atoms with van der Waals surface area (Å²) < 4.78 is 25.2. The normalized spacial score (nSPS) is 20.1. The molecule has 6 rings (SSSR count). The van der Waals surface area contributed by atoms with E-state index in [0.29, 0.717) is 44.3 Å². The average molecular weight is 583 g/mol. The maximum atomic E-state index is 13.8. The highest BCUT2D eigenvalue weighted by atomic mass is 35.5. The lowest BCUT2D eigenvalue weighted by Gasteiger charge is -2.30. The van der Waals surface area contributed by atoms with Gasteiger partial charge in [-0.05, 0) is 59.7 Å². The van der Waals surface area contributed by atoms with E-state index in [0.717, 1.165) is 21.8 Å². The van der Waals surface area contributed by atoms with Gasteiger partial charge in [-0.25, -0.2) is 9.29 Å². The molecule has 7 nitrogen and oxygen atoms in total. The van der Waals surface area contributed by atoms with E-state index >= 15 is 0 Å². The Bertz CT molecular complexity index is 1640. The number of benzene rings is 3. The summed E-state index contributed by atoms with van der Waals surface area (Å²) in [6, 6.07) is 17.9. The molecule has 2 aliphatic rings. The molecule has 1 saturated heterocycles. The van der Waals surface area contributed by atoms with Crippen LogP contribution in [-0.4, -0.2) is 29.2 Å². The smallest absolute Gasteiger partial charge is 0.305 e. The van der Waals surface area contributed by atoms with Gasteiger partial charge in [0, 0.05) is 15.8 Å². The summed E-state index contributed by atoms with van der Waals surface area (Å²) in [5.74, 6) is -1.65. The molecule has 2 aliphatic heterocycles. The van der Waals surface area contributed by atoms with Crippen LogP contribution in [0, 0.1) is 11.7 Å². The van der Waals surface area contributed by atoms with Gasteiger partial charge in [0.2, 0.25) is 11.8 Å². The number of aromatic amines is 1. The first kappa shape index (κ1) is 25.7. The fourth-order valence-corrected chi connectivity index (χ4v) is 7.60. The van der Waals surface area contributed by atoms with Gasteiger partial charge in [0.25, 0.3) is 0 Å². The van der Waals surface area contributed by atoms with Crippen LogP contribution < -0.4 is 19.2 Å². The molecule has 0 saturated carbocycles. The zero-order chi connectivity index (χ0) is 27.3. The molecule has 11 heteroatoms. The molecule has 4 aromatic rings. The third kappa shape index (κ3) is 4.62. The molecular formula is C28H20ClFN2O5S2. The monoisotopic (exact) mass is 582 g/mol. The number of anilines is 1. The minimum atomic E-state index is -0.767. The topological polar surface area (TPSA) is 88.7 Å². The van der Waals surface area contributed by atoms with E-state index in [2.05, 4.69) is 4.98 Å². The molecule has 39 heavy (non-hydrogen) atoms. The largest absolute Gasteiger partial charge is 0.493 e. The number of methoxy groups -OCH3 is 1. The van der Waals surface area contributed by atoms with Crippen molar-refractivity contribution in [1.82, 2.24) is 4.98 Å². The number of hydrogen-bond donors (Lipinski definition) is 1. The molecular weight excluding hydrogens is 563 g/mol. The first-order chi connectivity index (χ1) is 18.8. The zero-order valence-electron chi connectivity index (χ0n) is 20.4. The third-order valence-electron chi connectivity index (χ3n) is 6.76. The Labute approximate surface area is 235 Å². The summed E-state index contributed by atoms with van der Waals surface area (Å²) >= 11 is 8.17. The number of rotatable bonds is 6. The van der Waals surface area contributed by atoms with Crippen molar-refractivity contribution < 1.29 is 23.5 Å². The van der Waals surface area contributed by atoms with Gasteiger partial charge in [0.1, 0.15) is 17.7 Å². The number of thioether (sulfide) groups is 1. The number of ether oxygens (including phenoxy) is 2. The van der Waals surface area contributed by atoms with E-state index < -0.39 is 34.7 Å². The van der Waals surface area contributed by atoms with E-state index in [1.54, 1.807) is 24.3 Å². The van der Waals surface area contributed by atoms with Crippen molar-refractivity contribution >= 4 is 52.2 Å². The lowest BCUT2D eigenvalue weighted by atomic mass is 9.83. The molecule has 0 radical (unpaired) electrons. The summed E-state index contributed by atoms with van der Waals surface area (Å²) in [4.78, 5) is 44.0. The Morgan fingerprint density at radius 3 is 2.44 bits per heavy atom. The van der Waals surface area contributed by atoms with E-state index in [4.69, 9.17) is 21.1 Å². The van der Waals surface area contributed by atoms with Gasteiger partial charge >= 0.3 is 4.87 Å². The van der Waals surface area contributed by atoms with E-state index in [9.17, 15) is 18.8 Å². The first-order valence-corrected chi connectivity index (χ1v) is 14.0. The standard InChI is InChI=1S/C28H20ClFN2O5S2/c1-36-20-12-15(4-11-19(20)37-13-14-2-5-16(29)6-3-14)21-22-24(38-25-23(21)39-28(35)31-25)27(34)32(26(22)33)18-9-7-17(30)8-10-18/h2-12,21-22,24H,13H2,1H3,(H,31,35)/t21-,22?,24?/m1/s1. The van der Waals surface area contributed by atoms with Crippen LogP contribution in [0.25, 0.3) is 0 Å². The van der Waals surface area contributed by atoms with Gasteiger partial charge in [0.15, 0.2) is 11.5 Å². The van der Waals surface area contributed by atoms with Crippen LogP contribution >= 0.6 is 34.7 Å². The maximum Gasteiger partial charge on any atom is 0.305 e. The van der Waals surface area contributed by atoms with Gasteiger partial charge in [-0.1, -0.05) is 52.9 Å². The van der Waals surface area contributed by atoms with E-state index in [1.807, 2.05) is 18.2 Å². The summed E-state index contributed by atoms with van der Waals surface area (Å²) in [6.07, 6.45) is 0. The van der Waals surface area contributed by atoms with Gasteiger partial charge in [-0.15, -0.1) is 0 Å². The SMILES string of the molecule is COc1cc([C@H]2c3sc(=O)[nH]c3SC3C(=O)N(c4ccc(F)cc4)C(=O)C32)ccc1OCc1ccc(Cl)cc1. The predicted octanol–water partition coefficient (Wildman–Crippen LogP) is 5.61. The van der Waals surface area contributed by atoms with Crippen LogP contribution in [0.3, 0.4) is 0 Å². The Hall–Kier alpha value is -3.60. The predicted molar refractivity (Wildman–Crippen MR) is 148 cm³/mol. The molecule has 198 valence electrons. The van der Waals surface area contributed by atoms with Crippen LogP contribution in [0.5, 0.6) is 11.5 Å². The maximum absolute atomic E-state index is 13.8. The third-order valence-corrected chi connectivity index (χ3v) is 9.42. The Morgan fingerprint density at radius 1 is 0.974 bits per heavy atom. The molecule has 0 aliphatic carbocycles. The van der Waals surface area contributed by atoms with Crippen molar-refractivity contribution in [3.05, 3.63) is 103 Å². The van der Waals surface area contributed by atoms with Crippen LogP contribution in [0.2, 0.25) is 5.02 Å². The molecule has 3 aromatic carbocycles. The van der Waals surface area contributed by atoms with E-state index in [1.165, 1.54) is 43.1 Å². The second kappa shape index (κ2) is 10.2. The Morgan fingerprint density at radius 2 is 1.72 bits per heavy atom. The number of hydrogen-bond acceptors (Lipinski definition) is 7. The zero-order valence-corrected chi connectivity index (χ0v) is 22.7. The van der Waals surface area contributed by atoms with Gasteiger partial charge < -0.3 is 14.5 Å². The number of halogens is 2. The molecule has 2 amide bonds. The molecule has 2 unspecified atom stereocenters.